The van der Waals surface area contributed by atoms with Crippen molar-refractivity contribution in [3.63, 3.8) is 0 Å². The molecule has 1 aromatic heterocycles. The van der Waals surface area contributed by atoms with E-state index in [-0.39, 0.29) is 30.6 Å². The van der Waals surface area contributed by atoms with Crippen LogP contribution in [0.5, 0.6) is 0 Å². The third-order valence-corrected chi connectivity index (χ3v) is 5.28. The quantitative estimate of drug-likeness (QED) is 0.607. The third kappa shape index (κ3) is 6.21. The number of rotatable bonds is 8. The van der Waals surface area contributed by atoms with Gasteiger partial charge in [0, 0.05) is 24.4 Å². The highest BCUT2D eigenvalue weighted by Crippen LogP contribution is 2.26. The first kappa shape index (κ1) is 23.1. The lowest BCUT2D eigenvalue weighted by atomic mass is 9.86. The summed E-state index contributed by atoms with van der Waals surface area (Å²) in [4.78, 5) is 25.8. The zero-order valence-electron chi connectivity index (χ0n) is 18.1. The van der Waals surface area contributed by atoms with E-state index in [2.05, 4.69) is 15.7 Å². The Bertz CT molecular complexity index is 942. The van der Waals surface area contributed by atoms with Gasteiger partial charge in [-0.2, -0.15) is 18.3 Å². The van der Waals surface area contributed by atoms with Gasteiger partial charge >= 0.3 is 6.18 Å². The Balaban J connectivity index is 1.77. The number of fused-ring (bicyclic) bond motifs is 1. The Morgan fingerprint density at radius 2 is 1.84 bits per heavy atom. The Labute approximate surface area is 179 Å². The van der Waals surface area contributed by atoms with Crippen LogP contribution in [0.1, 0.15) is 63.4 Å². The summed E-state index contributed by atoms with van der Waals surface area (Å²) in [6.07, 6.45) is -2.85. The molecular weight excluding hydrogens is 409 g/mol. The van der Waals surface area contributed by atoms with E-state index in [4.69, 9.17) is 0 Å². The van der Waals surface area contributed by atoms with E-state index in [1.165, 1.54) is 0 Å². The molecular formula is C22H29F3N4O2. The van der Waals surface area contributed by atoms with Crippen LogP contribution in [0.25, 0.3) is 10.9 Å². The van der Waals surface area contributed by atoms with Crippen molar-refractivity contribution in [3.05, 3.63) is 30.0 Å². The first-order valence-corrected chi connectivity index (χ1v) is 10.6. The van der Waals surface area contributed by atoms with Gasteiger partial charge in [0.25, 0.3) is 5.91 Å². The molecule has 31 heavy (non-hydrogen) atoms. The van der Waals surface area contributed by atoms with Crippen molar-refractivity contribution < 1.29 is 22.8 Å². The molecule has 0 unspecified atom stereocenters. The monoisotopic (exact) mass is 438 g/mol. The smallest absolute Gasteiger partial charge is 0.352 e. The summed E-state index contributed by atoms with van der Waals surface area (Å²) >= 11 is 0. The first-order valence-electron chi connectivity index (χ1n) is 10.6. The second kappa shape index (κ2) is 8.88. The van der Waals surface area contributed by atoms with Crippen molar-refractivity contribution in [2.75, 3.05) is 0 Å². The van der Waals surface area contributed by atoms with Crippen molar-refractivity contribution in [1.82, 2.24) is 20.4 Å². The van der Waals surface area contributed by atoms with Gasteiger partial charge in [0.15, 0.2) is 5.69 Å². The number of para-hydroxylation sites is 1. The average Bonchev–Trinajstić information content (AvgIpc) is 3.40. The number of hydrogen-bond donors (Lipinski definition) is 2. The lowest BCUT2D eigenvalue weighted by Gasteiger charge is -2.30. The van der Waals surface area contributed by atoms with Gasteiger partial charge < -0.3 is 10.6 Å². The summed E-state index contributed by atoms with van der Waals surface area (Å²) in [6, 6.07) is 6.53. The molecule has 1 fully saturated rings. The zero-order chi connectivity index (χ0) is 22.8. The number of benzene rings is 1. The number of carbonyl (C=O) groups is 2. The second-order valence-corrected chi connectivity index (χ2v) is 9.22. The van der Waals surface area contributed by atoms with Crippen LogP contribution in [-0.2, 0) is 11.3 Å². The molecule has 6 nitrogen and oxygen atoms in total. The van der Waals surface area contributed by atoms with Gasteiger partial charge in [-0.15, -0.1) is 0 Å². The van der Waals surface area contributed by atoms with E-state index in [1.807, 2.05) is 20.8 Å². The van der Waals surface area contributed by atoms with Gasteiger partial charge in [-0.25, -0.2) is 0 Å². The minimum absolute atomic E-state index is 0.00729. The van der Waals surface area contributed by atoms with E-state index >= 15 is 0 Å². The van der Waals surface area contributed by atoms with Crippen LogP contribution in [0.2, 0.25) is 0 Å². The highest BCUT2D eigenvalue weighted by molar-refractivity contribution is 6.06. The number of alkyl halides is 3. The number of amides is 2. The van der Waals surface area contributed by atoms with Gasteiger partial charge in [-0.05, 0) is 37.2 Å². The molecule has 0 aliphatic heterocycles. The van der Waals surface area contributed by atoms with E-state index in [0.717, 1.165) is 12.8 Å². The van der Waals surface area contributed by atoms with Crippen molar-refractivity contribution in [1.29, 1.82) is 0 Å². The maximum Gasteiger partial charge on any atom is 0.389 e. The second-order valence-electron chi connectivity index (χ2n) is 9.22. The van der Waals surface area contributed by atoms with E-state index in [0.29, 0.717) is 17.3 Å². The predicted molar refractivity (Wildman–Crippen MR) is 112 cm³/mol. The lowest BCUT2D eigenvalue weighted by Crippen LogP contribution is -2.54. The summed E-state index contributed by atoms with van der Waals surface area (Å²) in [7, 11) is 0. The summed E-state index contributed by atoms with van der Waals surface area (Å²) in [5, 5.41) is 10.7. The molecule has 170 valence electrons. The maximum atomic E-state index is 13.1. The molecule has 0 saturated heterocycles. The lowest BCUT2D eigenvalue weighted by molar-refractivity contribution is -0.135. The van der Waals surface area contributed by atoms with E-state index < -0.39 is 30.0 Å². The molecule has 1 heterocycles. The molecule has 3 rings (SSSR count). The molecule has 2 aromatic rings. The predicted octanol–water partition coefficient (Wildman–Crippen LogP) is 4.19. The summed E-state index contributed by atoms with van der Waals surface area (Å²) in [5.74, 6) is -0.699. The SMILES string of the molecule is CC(C)(C)[C@H](NC(=O)c1nn(CCCCC(F)(F)F)c2ccccc12)C(=O)NC1CC1. The fraction of sp³-hybridized carbons (Fsp3) is 0.591. The molecule has 0 bridgehead atoms. The number of aromatic nitrogens is 2. The molecule has 1 saturated carbocycles. The summed E-state index contributed by atoms with van der Waals surface area (Å²) < 4.78 is 38.8. The number of unbranched alkanes of at least 4 members (excludes halogenated alkanes) is 1. The number of hydrogen-bond acceptors (Lipinski definition) is 3. The van der Waals surface area contributed by atoms with Gasteiger partial charge in [-0.1, -0.05) is 39.0 Å². The minimum atomic E-state index is -4.18. The van der Waals surface area contributed by atoms with Crippen LogP contribution >= 0.6 is 0 Å². The average molecular weight is 438 g/mol. The van der Waals surface area contributed by atoms with E-state index in [9.17, 15) is 22.8 Å². The van der Waals surface area contributed by atoms with Crippen LogP contribution in [0, 0.1) is 5.41 Å². The van der Waals surface area contributed by atoms with Crippen LogP contribution < -0.4 is 10.6 Å². The van der Waals surface area contributed by atoms with Crippen molar-refractivity contribution in [2.45, 2.75) is 77.7 Å². The molecule has 2 amide bonds. The Hall–Kier alpha value is -2.58. The standard InChI is InChI=1S/C22H29F3N4O2/c1-21(2,3)18(20(31)26-14-10-11-14)27-19(30)17-15-8-4-5-9-16(15)29(28-17)13-7-6-12-22(23,24)25/h4-5,8-9,14,18H,6-7,10-13H2,1-3H3,(H,26,31)(H,27,30)/t18-/m1/s1. The van der Waals surface area contributed by atoms with Crippen LogP contribution in [-0.4, -0.2) is 39.9 Å². The van der Waals surface area contributed by atoms with Crippen LogP contribution in [0.3, 0.4) is 0 Å². The summed E-state index contributed by atoms with van der Waals surface area (Å²) in [5.41, 5.74) is 0.333. The highest BCUT2D eigenvalue weighted by atomic mass is 19.4. The molecule has 1 atom stereocenters. The molecule has 1 aliphatic rings. The Morgan fingerprint density at radius 3 is 2.45 bits per heavy atom. The van der Waals surface area contributed by atoms with Gasteiger partial charge in [0.2, 0.25) is 5.91 Å². The fourth-order valence-corrected chi connectivity index (χ4v) is 3.44. The van der Waals surface area contributed by atoms with E-state index in [1.54, 1.807) is 28.9 Å². The van der Waals surface area contributed by atoms with Gasteiger partial charge in [0.1, 0.15) is 6.04 Å². The normalized spacial score (nSPS) is 15.7. The number of nitrogens with zero attached hydrogens (tertiary/aromatic N) is 2. The van der Waals surface area contributed by atoms with Crippen molar-refractivity contribution in [2.24, 2.45) is 5.41 Å². The summed E-state index contributed by atoms with van der Waals surface area (Å²) in [6.45, 7) is 5.90. The number of halogens is 3. The molecule has 2 N–H and O–H groups in total. The Morgan fingerprint density at radius 1 is 1.16 bits per heavy atom. The largest absolute Gasteiger partial charge is 0.389 e. The number of aryl methyl sites for hydroxylation is 1. The minimum Gasteiger partial charge on any atom is -0.352 e. The third-order valence-electron chi connectivity index (χ3n) is 5.28. The molecule has 0 spiro atoms. The van der Waals surface area contributed by atoms with Gasteiger partial charge in [-0.3, -0.25) is 14.3 Å². The highest BCUT2D eigenvalue weighted by Gasteiger charge is 2.36. The number of carbonyl (C=O) groups excluding carboxylic acids is 2. The van der Waals surface area contributed by atoms with Crippen LogP contribution in [0.4, 0.5) is 13.2 Å². The topological polar surface area (TPSA) is 76.0 Å². The molecule has 1 aliphatic carbocycles. The molecule has 9 heteroatoms. The van der Waals surface area contributed by atoms with Crippen molar-refractivity contribution in [3.8, 4) is 0 Å². The molecule has 0 radical (unpaired) electrons. The first-order chi connectivity index (χ1) is 14.5. The Kier molecular flexibility index (Phi) is 6.62. The number of nitrogens with one attached hydrogen (secondary N) is 2. The fourth-order valence-electron chi connectivity index (χ4n) is 3.44. The van der Waals surface area contributed by atoms with Crippen LogP contribution in [0.15, 0.2) is 24.3 Å². The maximum absolute atomic E-state index is 13.1. The molecule has 1 aromatic carbocycles. The van der Waals surface area contributed by atoms with Gasteiger partial charge in [0.05, 0.1) is 5.52 Å². The van der Waals surface area contributed by atoms with Crippen molar-refractivity contribution >= 4 is 22.7 Å². The zero-order valence-corrected chi connectivity index (χ0v) is 18.1.